The number of sulfonamides is 1. The second-order valence-electron chi connectivity index (χ2n) is 7.20. The summed E-state index contributed by atoms with van der Waals surface area (Å²) in [5.41, 5.74) is 0.699. The van der Waals surface area contributed by atoms with E-state index in [9.17, 15) is 17.6 Å². The number of hydrogen-bond donors (Lipinski definition) is 2. The second-order valence-corrected chi connectivity index (χ2v) is 8.88. The van der Waals surface area contributed by atoms with Crippen molar-refractivity contribution in [3.05, 3.63) is 60.5 Å². The van der Waals surface area contributed by atoms with Gasteiger partial charge in [-0.1, -0.05) is 31.1 Å². The van der Waals surface area contributed by atoms with Crippen LogP contribution in [0.2, 0.25) is 0 Å². The minimum Gasteiger partial charge on any atom is -0.343 e. The maximum Gasteiger partial charge on any atom is 0.249 e. The number of amides is 1. The number of nitrogens with one attached hydrogen (secondary N) is 2. The summed E-state index contributed by atoms with van der Waals surface area (Å²) in [7, 11) is -4.23. The minimum atomic E-state index is -4.23. The maximum absolute atomic E-state index is 13.9. The molecule has 1 unspecified atom stereocenters. The topological polar surface area (TPSA) is 127 Å². The summed E-state index contributed by atoms with van der Waals surface area (Å²) >= 11 is 0. The van der Waals surface area contributed by atoms with Gasteiger partial charge in [-0.2, -0.15) is 9.71 Å². The number of pyridine rings is 1. The Morgan fingerprint density at radius 2 is 1.77 bits per heavy atom. The van der Waals surface area contributed by atoms with Gasteiger partial charge in [-0.05, 0) is 37.1 Å². The molecule has 0 saturated carbocycles. The molecule has 2 heterocycles. The molecule has 1 aromatic carbocycles. The molecule has 0 aliphatic rings. The molecule has 0 aliphatic carbocycles. The van der Waals surface area contributed by atoms with E-state index < -0.39 is 38.7 Å². The fourth-order valence-corrected chi connectivity index (χ4v) is 4.07. The van der Waals surface area contributed by atoms with Crippen LogP contribution in [0.4, 0.5) is 4.39 Å². The van der Waals surface area contributed by atoms with Crippen molar-refractivity contribution >= 4 is 15.9 Å². The van der Waals surface area contributed by atoms with Gasteiger partial charge in [0.2, 0.25) is 27.6 Å². The Balaban J connectivity index is 1.74. The molecule has 0 fully saturated rings. The third-order valence-corrected chi connectivity index (χ3v) is 6.04. The van der Waals surface area contributed by atoms with E-state index in [4.69, 9.17) is 4.52 Å². The molecule has 3 aromatic rings. The molecule has 11 heteroatoms. The molecule has 0 saturated heterocycles. The van der Waals surface area contributed by atoms with Gasteiger partial charge in [-0.3, -0.25) is 9.78 Å². The summed E-state index contributed by atoms with van der Waals surface area (Å²) in [5, 5.41) is 6.65. The van der Waals surface area contributed by atoms with E-state index in [-0.39, 0.29) is 11.8 Å². The summed E-state index contributed by atoms with van der Waals surface area (Å²) in [6, 6.07) is 6.54. The summed E-state index contributed by atoms with van der Waals surface area (Å²) in [6.45, 7) is 5.05. The third-order valence-electron chi connectivity index (χ3n) is 4.46. The monoisotopic (exact) mass is 447 g/mol. The van der Waals surface area contributed by atoms with E-state index in [1.165, 1.54) is 19.1 Å². The van der Waals surface area contributed by atoms with Gasteiger partial charge in [-0.15, -0.1) is 0 Å². The van der Waals surface area contributed by atoms with Gasteiger partial charge < -0.3 is 9.84 Å². The van der Waals surface area contributed by atoms with Gasteiger partial charge in [0.05, 0.1) is 6.04 Å². The van der Waals surface area contributed by atoms with Crippen molar-refractivity contribution in [1.29, 1.82) is 0 Å². The number of carbonyl (C=O) groups is 1. The zero-order valence-electron chi connectivity index (χ0n) is 17.1. The number of benzene rings is 1. The van der Waals surface area contributed by atoms with Gasteiger partial charge in [0.15, 0.2) is 0 Å². The Hall–Kier alpha value is -3.18. The average molecular weight is 447 g/mol. The maximum atomic E-state index is 13.9. The van der Waals surface area contributed by atoms with Crippen LogP contribution in [0.3, 0.4) is 0 Å². The molecule has 164 valence electrons. The summed E-state index contributed by atoms with van der Waals surface area (Å²) < 4.78 is 46.3. The van der Waals surface area contributed by atoms with Crippen molar-refractivity contribution in [3.8, 4) is 11.4 Å². The SMILES string of the molecule is CC(C)C(NC(=O)[C@H](C)NS(=O)(=O)c1ccccc1F)c1nc(-c2ccncc2)no1. The first-order valence-electron chi connectivity index (χ1n) is 9.50. The highest BCUT2D eigenvalue weighted by Crippen LogP contribution is 2.23. The van der Waals surface area contributed by atoms with Gasteiger partial charge >= 0.3 is 0 Å². The highest BCUT2D eigenvalue weighted by atomic mass is 32.2. The molecule has 3 rings (SSSR count). The average Bonchev–Trinajstić information content (AvgIpc) is 3.22. The van der Waals surface area contributed by atoms with Crippen molar-refractivity contribution in [2.24, 2.45) is 5.92 Å². The first-order valence-corrected chi connectivity index (χ1v) is 11.0. The van der Waals surface area contributed by atoms with Crippen LogP contribution in [-0.4, -0.2) is 35.5 Å². The first kappa shape index (κ1) is 22.5. The lowest BCUT2D eigenvalue weighted by Gasteiger charge is -2.21. The highest BCUT2D eigenvalue weighted by molar-refractivity contribution is 7.89. The predicted molar refractivity (Wildman–Crippen MR) is 109 cm³/mol. The van der Waals surface area contributed by atoms with Crippen LogP contribution in [0.25, 0.3) is 11.4 Å². The van der Waals surface area contributed by atoms with Crippen LogP contribution in [0.1, 0.15) is 32.7 Å². The lowest BCUT2D eigenvalue weighted by molar-refractivity contribution is -0.123. The van der Waals surface area contributed by atoms with Crippen molar-refractivity contribution in [1.82, 2.24) is 25.2 Å². The van der Waals surface area contributed by atoms with Gasteiger partial charge in [0, 0.05) is 18.0 Å². The van der Waals surface area contributed by atoms with E-state index >= 15 is 0 Å². The van der Waals surface area contributed by atoms with Crippen LogP contribution in [-0.2, 0) is 14.8 Å². The second kappa shape index (κ2) is 9.31. The molecule has 31 heavy (non-hydrogen) atoms. The molecule has 2 aromatic heterocycles. The molecule has 0 aliphatic heterocycles. The molecule has 2 atom stereocenters. The fourth-order valence-electron chi connectivity index (χ4n) is 2.78. The van der Waals surface area contributed by atoms with Crippen LogP contribution in [0, 0.1) is 11.7 Å². The van der Waals surface area contributed by atoms with Crippen LogP contribution in [0.5, 0.6) is 0 Å². The Morgan fingerprint density at radius 3 is 2.42 bits per heavy atom. The Bertz CT molecular complexity index is 1150. The zero-order chi connectivity index (χ0) is 22.6. The molecular formula is C20H22FN5O4S. The van der Waals surface area contributed by atoms with Gasteiger partial charge in [-0.25, -0.2) is 12.8 Å². The lowest BCUT2D eigenvalue weighted by Crippen LogP contribution is -2.46. The standard InChI is InChI=1S/C20H22FN5O4S/c1-12(2)17(20-24-18(25-30-20)14-8-10-22-11-9-14)23-19(27)13(3)26-31(28,29)16-7-5-4-6-15(16)21/h4-13,17,26H,1-3H3,(H,23,27)/t13-,17?/m0/s1. The van der Waals surface area contributed by atoms with Gasteiger partial charge in [0.25, 0.3) is 0 Å². The normalized spacial score (nSPS) is 13.7. The fraction of sp³-hybridized carbons (Fsp3) is 0.300. The Morgan fingerprint density at radius 1 is 1.10 bits per heavy atom. The van der Waals surface area contributed by atoms with E-state index in [1.54, 1.807) is 24.5 Å². The minimum absolute atomic E-state index is 0.134. The highest BCUT2D eigenvalue weighted by Gasteiger charge is 2.29. The van der Waals surface area contributed by atoms with Crippen LogP contribution >= 0.6 is 0 Å². The summed E-state index contributed by atoms with van der Waals surface area (Å²) in [4.78, 5) is 20.4. The predicted octanol–water partition coefficient (Wildman–Crippen LogP) is 2.45. The van der Waals surface area contributed by atoms with E-state index in [1.807, 2.05) is 13.8 Å². The van der Waals surface area contributed by atoms with Crippen LogP contribution < -0.4 is 10.0 Å². The Labute approximate surface area is 179 Å². The van der Waals surface area contributed by atoms with Crippen molar-refractivity contribution in [2.45, 2.75) is 37.8 Å². The van der Waals surface area contributed by atoms with E-state index in [0.717, 1.165) is 12.1 Å². The molecule has 9 nitrogen and oxygen atoms in total. The molecular weight excluding hydrogens is 425 g/mol. The van der Waals surface area contributed by atoms with Crippen molar-refractivity contribution < 1.29 is 22.1 Å². The molecule has 2 N–H and O–H groups in total. The zero-order valence-corrected chi connectivity index (χ0v) is 17.9. The lowest BCUT2D eigenvalue weighted by atomic mass is 10.0. The molecule has 0 spiro atoms. The molecule has 1 amide bonds. The molecule has 0 radical (unpaired) electrons. The van der Waals surface area contributed by atoms with E-state index in [0.29, 0.717) is 11.4 Å². The molecule has 0 bridgehead atoms. The largest absolute Gasteiger partial charge is 0.343 e. The quantitative estimate of drug-likeness (QED) is 0.543. The number of hydrogen-bond acceptors (Lipinski definition) is 7. The Kier molecular flexibility index (Phi) is 6.76. The smallest absolute Gasteiger partial charge is 0.249 e. The van der Waals surface area contributed by atoms with Crippen LogP contribution in [0.15, 0.2) is 58.2 Å². The van der Waals surface area contributed by atoms with Gasteiger partial charge in [0.1, 0.15) is 16.8 Å². The summed E-state index contributed by atoms with van der Waals surface area (Å²) in [6.07, 6.45) is 3.19. The number of carbonyl (C=O) groups excluding carboxylic acids is 1. The van der Waals surface area contributed by atoms with E-state index in [2.05, 4.69) is 25.2 Å². The van der Waals surface area contributed by atoms with Crippen molar-refractivity contribution in [3.63, 3.8) is 0 Å². The third kappa shape index (κ3) is 5.30. The van der Waals surface area contributed by atoms with Crippen molar-refractivity contribution in [2.75, 3.05) is 0 Å². The number of rotatable bonds is 8. The number of halogens is 1. The first-order chi connectivity index (χ1) is 14.7. The number of aromatic nitrogens is 3. The summed E-state index contributed by atoms with van der Waals surface area (Å²) in [5.74, 6) is -1.14. The number of nitrogens with zero attached hydrogens (tertiary/aromatic N) is 3.